The topological polar surface area (TPSA) is 64.1 Å². The van der Waals surface area contributed by atoms with Gasteiger partial charge in [-0.3, -0.25) is 14.3 Å². The summed E-state index contributed by atoms with van der Waals surface area (Å²) >= 11 is 2.14. The number of nitrogens with one attached hydrogen (secondary N) is 1. The molecular formula is C14H13IN2O3. The van der Waals surface area contributed by atoms with Crippen molar-refractivity contribution < 1.29 is 4.74 Å². The van der Waals surface area contributed by atoms with Gasteiger partial charge >= 0.3 is 5.69 Å². The van der Waals surface area contributed by atoms with Crippen LogP contribution in [0.3, 0.4) is 0 Å². The van der Waals surface area contributed by atoms with Gasteiger partial charge < -0.3 is 4.74 Å². The Balaban J connectivity index is 2.73. The lowest BCUT2D eigenvalue weighted by atomic mass is 10.1. The molecule has 0 amide bonds. The van der Waals surface area contributed by atoms with Gasteiger partial charge in [-0.1, -0.05) is 6.58 Å². The first kappa shape index (κ1) is 14.6. The number of methoxy groups -OCH3 is 1. The predicted molar refractivity (Wildman–Crippen MR) is 86.6 cm³/mol. The smallest absolute Gasteiger partial charge is 0.332 e. The van der Waals surface area contributed by atoms with Gasteiger partial charge in [0.1, 0.15) is 5.75 Å². The maximum atomic E-state index is 11.8. The van der Waals surface area contributed by atoms with Crippen molar-refractivity contribution in [3.8, 4) is 11.4 Å². The van der Waals surface area contributed by atoms with Crippen LogP contribution in [-0.2, 0) is 0 Å². The van der Waals surface area contributed by atoms with Gasteiger partial charge in [0.25, 0.3) is 5.56 Å². The highest BCUT2D eigenvalue weighted by Gasteiger charge is 2.12. The van der Waals surface area contributed by atoms with E-state index in [0.717, 1.165) is 20.5 Å². The van der Waals surface area contributed by atoms with Crippen LogP contribution >= 0.6 is 22.6 Å². The lowest BCUT2D eigenvalue weighted by molar-refractivity contribution is 0.410. The number of hydrogen-bond donors (Lipinski definition) is 1. The van der Waals surface area contributed by atoms with E-state index in [1.807, 2.05) is 19.1 Å². The third kappa shape index (κ3) is 2.69. The summed E-state index contributed by atoms with van der Waals surface area (Å²) in [6, 6.07) is 4.92. The van der Waals surface area contributed by atoms with E-state index in [9.17, 15) is 9.59 Å². The fraction of sp³-hybridized carbons (Fsp3) is 0.143. The highest BCUT2D eigenvalue weighted by Crippen LogP contribution is 2.32. The summed E-state index contributed by atoms with van der Waals surface area (Å²) in [5.74, 6) is 0.722. The van der Waals surface area contributed by atoms with Crippen molar-refractivity contribution in [1.82, 2.24) is 9.55 Å². The van der Waals surface area contributed by atoms with E-state index in [2.05, 4.69) is 34.2 Å². The Morgan fingerprint density at radius 1 is 1.40 bits per heavy atom. The second-order valence-corrected chi connectivity index (χ2v) is 5.43. The van der Waals surface area contributed by atoms with Gasteiger partial charge in [-0.15, -0.1) is 0 Å². The van der Waals surface area contributed by atoms with Gasteiger partial charge in [0.15, 0.2) is 0 Å². The minimum Gasteiger partial charge on any atom is -0.495 e. The summed E-state index contributed by atoms with van der Waals surface area (Å²) in [5.41, 5.74) is 1.40. The molecule has 0 fully saturated rings. The molecule has 0 aliphatic heterocycles. The Kier molecular flexibility index (Phi) is 4.12. The summed E-state index contributed by atoms with van der Waals surface area (Å²) in [6.07, 6.45) is 1.45. The number of H-pyrrole nitrogens is 1. The van der Waals surface area contributed by atoms with Crippen molar-refractivity contribution in [3.63, 3.8) is 0 Å². The molecule has 2 rings (SSSR count). The zero-order valence-corrected chi connectivity index (χ0v) is 13.2. The molecule has 0 aliphatic carbocycles. The van der Waals surface area contributed by atoms with Crippen molar-refractivity contribution in [2.45, 2.75) is 6.92 Å². The molecule has 1 aromatic carbocycles. The van der Waals surface area contributed by atoms with Gasteiger partial charge in [0, 0.05) is 17.8 Å². The highest BCUT2D eigenvalue weighted by atomic mass is 127. The maximum absolute atomic E-state index is 11.8. The van der Waals surface area contributed by atoms with Crippen LogP contribution < -0.4 is 16.0 Å². The molecule has 1 N–H and O–H groups in total. The summed E-state index contributed by atoms with van der Waals surface area (Å²) < 4.78 is 7.59. The monoisotopic (exact) mass is 384 g/mol. The van der Waals surface area contributed by atoms with Crippen molar-refractivity contribution >= 4 is 28.2 Å². The Bertz CT molecular complexity index is 790. The lowest BCUT2D eigenvalue weighted by Gasteiger charge is -2.14. The van der Waals surface area contributed by atoms with E-state index in [-0.39, 0.29) is 0 Å². The van der Waals surface area contributed by atoms with Crippen LogP contribution in [0.2, 0.25) is 0 Å². The van der Waals surface area contributed by atoms with Gasteiger partial charge in [-0.05, 0) is 47.2 Å². The van der Waals surface area contributed by atoms with Gasteiger partial charge in [-0.2, -0.15) is 0 Å². The lowest BCUT2D eigenvalue weighted by Crippen LogP contribution is -2.27. The van der Waals surface area contributed by atoms with Crippen LogP contribution in [0.1, 0.15) is 12.5 Å². The van der Waals surface area contributed by atoms with Crippen molar-refractivity contribution in [1.29, 1.82) is 0 Å². The largest absolute Gasteiger partial charge is 0.495 e. The van der Waals surface area contributed by atoms with Crippen LogP contribution in [0.15, 0.2) is 40.6 Å². The molecular weight excluding hydrogens is 371 g/mol. The number of benzene rings is 1. The second kappa shape index (κ2) is 5.66. The standard InChI is InChI=1S/C14H13IN2O3/c1-8(2)10-6-9(7-11(15)13(10)20-3)17-5-4-12(18)16-14(17)19/h4-7H,1H2,2-3H3,(H,16,18,19). The van der Waals surface area contributed by atoms with E-state index < -0.39 is 11.2 Å². The van der Waals surface area contributed by atoms with Crippen molar-refractivity contribution in [2.75, 3.05) is 7.11 Å². The predicted octanol–water partition coefficient (Wildman–Crippen LogP) is 2.17. The van der Waals surface area contributed by atoms with Crippen LogP contribution in [-0.4, -0.2) is 16.7 Å². The summed E-state index contributed by atoms with van der Waals surface area (Å²) in [5, 5.41) is 0. The summed E-state index contributed by atoms with van der Waals surface area (Å²) in [6.45, 7) is 5.79. The Hall–Kier alpha value is -1.83. The molecule has 1 heterocycles. The Morgan fingerprint density at radius 2 is 2.10 bits per heavy atom. The van der Waals surface area contributed by atoms with E-state index in [0.29, 0.717) is 5.69 Å². The Labute approximate surface area is 129 Å². The molecule has 2 aromatic rings. The molecule has 5 nitrogen and oxygen atoms in total. The second-order valence-electron chi connectivity index (χ2n) is 4.27. The molecule has 0 saturated heterocycles. The van der Waals surface area contributed by atoms with Crippen LogP contribution in [0.4, 0.5) is 0 Å². The number of hydrogen-bond acceptors (Lipinski definition) is 3. The number of allylic oxidation sites excluding steroid dienone is 1. The average Bonchev–Trinajstić information content (AvgIpc) is 2.37. The normalized spacial score (nSPS) is 10.3. The number of halogens is 1. The first-order valence-corrected chi connectivity index (χ1v) is 6.87. The number of rotatable bonds is 3. The first-order chi connectivity index (χ1) is 9.43. The zero-order valence-electron chi connectivity index (χ0n) is 11.1. The number of aromatic amines is 1. The highest BCUT2D eigenvalue weighted by molar-refractivity contribution is 14.1. The zero-order chi connectivity index (χ0) is 14.9. The van der Waals surface area contributed by atoms with Crippen LogP contribution in [0.5, 0.6) is 5.75 Å². The fourth-order valence-electron chi connectivity index (χ4n) is 1.86. The minimum atomic E-state index is -0.480. The molecule has 0 aliphatic rings. The third-order valence-electron chi connectivity index (χ3n) is 2.79. The summed E-state index contributed by atoms with van der Waals surface area (Å²) in [4.78, 5) is 25.2. The fourth-order valence-corrected chi connectivity index (χ4v) is 2.69. The van der Waals surface area contributed by atoms with E-state index in [1.54, 1.807) is 7.11 Å². The van der Waals surface area contributed by atoms with E-state index >= 15 is 0 Å². The molecule has 0 saturated carbocycles. The molecule has 6 heteroatoms. The molecule has 104 valence electrons. The van der Waals surface area contributed by atoms with Gasteiger partial charge in [-0.25, -0.2) is 4.79 Å². The molecule has 0 radical (unpaired) electrons. The van der Waals surface area contributed by atoms with Crippen molar-refractivity contribution in [3.05, 3.63) is 60.9 Å². The molecule has 1 aromatic heterocycles. The number of aromatic nitrogens is 2. The van der Waals surface area contributed by atoms with Gasteiger partial charge in [0.2, 0.25) is 0 Å². The van der Waals surface area contributed by atoms with Crippen LogP contribution in [0, 0.1) is 3.57 Å². The quantitative estimate of drug-likeness (QED) is 0.826. The summed E-state index contributed by atoms with van der Waals surface area (Å²) in [7, 11) is 1.59. The molecule has 0 unspecified atom stereocenters. The minimum absolute atomic E-state index is 0.422. The first-order valence-electron chi connectivity index (χ1n) is 5.80. The SMILES string of the molecule is C=C(C)c1cc(-n2ccc(=O)[nH]c2=O)cc(I)c1OC. The molecule has 0 bridgehead atoms. The van der Waals surface area contributed by atoms with Crippen molar-refractivity contribution in [2.24, 2.45) is 0 Å². The number of ether oxygens (including phenoxy) is 1. The Morgan fingerprint density at radius 3 is 2.65 bits per heavy atom. The molecule has 20 heavy (non-hydrogen) atoms. The maximum Gasteiger partial charge on any atom is 0.332 e. The van der Waals surface area contributed by atoms with E-state index in [1.165, 1.54) is 16.8 Å². The third-order valence-corrected chi connectivity index (χ3v) is 3.60. The molecule has 0 spiro atoms. The van der Waals surface area contributed by atoms with Gasteiger partial charge in [0.05, 0.1) is 16.4 Å². The molecule has 0 atom stereocenters. The van der Waals surface area contributed by atoms with E-state index in [4.69, 9.17) is 4.74 Å². The average molecular weight is 384 g/mol. The number of nitrogens with zero attached hydrogens (tertiary/aromatic N) is 1. The van der Waals surface area contributed by atoms with Crippen LogP contribution in [0.25, 0.3) is 11.3 Å².